The molecule has 1 aliphatic carbocycles. The second kappa shape index (κ2) is 11.6. The lowest BCUT2D eigenvalue weighted by molar-refractivity contribution is -0.122. The van der Waals surface area contributed by atoms with Crippen molar-refractivity contribution in [2.24, 2.45) is 4.99 Å². The van der Waals surface area contributed by atoms with Gasteiger partial charge in [-0.15, -0.1) is 24.0 Å². The summed E-state index contributed by atoms with van der Waals surface area (Å²) in [7, 11) is 1.82. The summed E-state index contributed by atoms with van der Waals surface area (Å²) in [6.45, 7) is 9.48. The van der Waals surface area contributed by atoms with Crippen LogP contribution in [0.25, 0.3) is 0 Å². The van der Waals surface area contributed by atoms with Crippen LogP contribution in [0.2, 0.25) is 0 Å². The Morgan fingerprint density at radius 1 is 1.24 bits per heavy atom. The largest absolute Gasteiger partial charge is 0.494 e. The predicted octanol–water partition coefficient (Wildman–Crippen LogP) is 1.98. The molecular weight excluding hydrogens is 481 g/mol. The standard InChI is InChI=1S/C21H33N5O2.HI/c1-4-28-19-8-5-17(13-16(19)2)14-23-21(22-3)26-11-9-25(10-12-26)15-20(27)24-18-6-7-18;/h5,8,13,18H,4,6-7,9-12,14-15H2,1-3H3,(H,22,23)(H,24,27);1H. The van der Waals surface area contributed by atoms with Gasteiger partial charge >= 0.3 is 0 Å². The van der Waals surface area contributed by atoms with Crippen molar-refractivity contribution in [3.8, 4) is 5.75 Å². The molecule has 1 aromatic rings. The van der Waals surface area contributed by atoms with Crippen molar-refractivity contribution in [1.82, 2.24) is 20.4 Å². The van der Waals surface area contributed by atoms with Crippen LogP contribution in [-0.4, -0.2) is 74.1 Å². The van der Waals surface area contributed by atoms with Gasteiger partial charge in [-0.1, -0.05) is 12.1 Å². The maximum absolute atomic E-state index is 12.0. The number of nitrogens with zero attached hydrogens (tertiary/aromatic N) is 3. The van der Waals surface area contributed by atoms with E-state index in [0.29, 0.717) is 19.2 Å². The number of hydrogen-bond donors (Lipinski definition) is 2. The van der Waals surface area contributed by atoms with Crippen LogP contribution in [0.4, 0.5) is 0 Å². The van der Waals surface area contributed by atoms with Gasteiger partial charge in [0.05, 0.1) is 13.2 Å². The molecule has 1 heterocycles. The van der Waals surface area contributed by atoms with Gasteiger partial charge in [-0.05, 0) is 43.9 Å². The summed E-state index contributed by atoms with van der Waals surface area (Å²) in [5.74, 6) is 2.01. The molecule has 0 radical (unpaired) electrons. The van der Waals surface area contributed by atoms with E-state index in [1.165, 1.54) is 5.56 Å². The molecule has 1 aliphatic heterocycles. The molecule has 0 atom stereocenters. The lowest BCUT2D eigenvalue weighted by Gasteiger charge is -2.36. The lowest BCUT2D eigenvalue weighted by atomic mass is 10.1. The third kappa shape index (κ3) is 7.33. The fourth-order valence-electron chi connectivity index (χ4n) is 3.47. The zero-order valence-corrected chi connectivity index (χ0v) is 20.1. The molecule has 0 spiro atoms. The topological polar surface area (TPSA) is 69.2 Å². The van der Waals surface area contributed by atoms with Crippen LogP contribution in [0, 0.1) is 6.92 Å². The maximum atomic E-state index is 12.0. The van der Waals surface area contributed by atoms with E-state index in [9.17, 15) is 4.79 Å². The Balaban J connectivity index is 0.00000300. The number of aliphatic imine (C=N–C) groups is 1. The summed E-state index contributed by atoms with van der Waals surface area (Å²) in [4.78, 5) is 20.9. The highest BCUT2D eigenvalue weighted by Gasteiger charge is 2.25. The number of carbonyl (C=O) groups excluding carboxylic acids is 1. The summed E-state index contributed by atoms with van der Waals surface area (Å²) < 4.78 is 5.61. The molecule has 0 unspecified atom stereocenters. The Morgan fingerprint density at radius 2 is 1.97 bits per heavy atom. The minimum Gasteiger partial charge on any atom is -0.494 e. The van der Waals surface area contributed by atoms with Gasteiger partial charge in [-0.3, -0.25) is 14.7 Å². The Morgan fingerprint density at radius 3 is 2.55 bits per heavy atom. The highest BCUT2D eigenvalue weighted by molar-refractivity contribution is 14.0. The quantitative estimate of drug-likeness (QED) is 0.330. The van der Waals surface area contributed by atoms with E-state index in [0.717, 1.165) is 62.8 Å². The Hall–Kier alpha value is -1.55. The Kier molecular flexibility index (Phi) is 9.48. The molecule has 162 valence electrons. The van der Waals surface area contributed by atoms with Gasteiger partial charge in [0.25, 0.3) is 0 Å². The number of amides is 1. The van der Waals surface area contributed by atoms with Crippen LogP contribution in [0.1, 0.15) is 30.9 Å². The van der Waals surface area contributed by atoms with Crippen molar-refractivity contribution >= 4 is 35.8 Å². The fourth-order valence-corrected chi connectivity index (χ4v) is 3.47. The third-order valence-corrected chi connectivity index (χ3v) is 5.18. The molecule has 0 aromatic heterocycles. The number of carbonyl (C=O) groups is 1. The predicted molar refractivity (Wildman–Crippen MR) is 127 cm³/mol. The molecule has 2 aliphatic rings. The highest BCUT2D eigenvalue weighted by Crippen LogP contribution is 2.19. The van der Waals surface area contributed by atoms with Crippen LogP contribution < -0.4 is 15.4 Å². The Labute approximate surface area is 191 Å². The normalized spacial score (nSPS) is 17.5. The molecule has 1 amide bonds. The van der Waals surface area contributed by atoms with Crippen molar-refractivity contribution in [1.29, 1.82) is 0 Å². The SMILES string of the molecule is CCOc1ccc(CNC(=NC)N2CCN(CC(=O)NC3CC3)CC2)cc1C.I. The first kappa shape index (κ1) is 23.7. The number of aryl methyl sites for hydroxylation is 1. The van der Waals surface area contributed by atoms with E-state index in [1.54, 1.807) is 0 Å². The first-order chi connectivity index (χ1) is 13.6. The number of halogens is 1. The van der Waals surface area contributed by atoms with Crippen molar-refractivity contribution in [3.05, 3.63) is 29.3 Å². The van der Waals surface area contributed by atoms with E-state index < -0.39 is 0 Å². The first-order valence-electron chi connectivity index (χ1n) is 10.3. The summed E-state index contributed by atoms with van der Waals surface area (Å²) in [6, 6.07) is 6.71. The fraction of sp³-hybridized carbons (Fsp3) is 0.619. The van der Waals surface area contributed by atoms with E-state index in [4.69, 9.17) is 4.74 Å². The summed E-state index contributed by atoms with van der Waals surface area (Å²) in [5.41, 5.74) is 2.35. The summed E-state index contributed by atoms with van der Waals surface area (Å²) in [6.07, 6.45) is 2.27. The molecule has 29 heavy (non-hydrogen) atoms. The van der Waals surface area contributed by atoms with Crippen molar-refractivity contribution in [2.75, 3.05) is 46.4 Å². The minimum atomic E-state index is 0. The van der Waals surface area contributed by atoms with Gasteiger partial charge in [0.15, 0.2) is 5.96 Å². The summed E-state index contributed by atoms with van der Waals surface area (Å²) in [5, 5.41) is 6.52. The monoisotopic (exact) mass is 515 g/mol. The molecule has 3 rings (SSSR count). The molecule has 2 N–H and O–H groups in total. The second-order valence-corrected chi connectivity index (χ2v) is 7.54. The zero-order valence-electron chi connectivity index (χ0n) is 17.7. The van der Waals surface area contributed by atoms with Gasteiger partial charge in [0, 0.05) is 45.8 Å². The zero-order chi connectivity index (χ0) is 19.9. The molecule has 8 heteroatoms. The number of piperazine rings is 1. The van der Waals surface area contributed by atoms with E-state index >= 15 is 0 Å². The van der Waals surface area contributed by atoms with Crippen LogP contribution in [0.3, 0.4) is 0 Å². The average molecular weight is 515 g/mol. The Bertz CT molecular complexity index is 700. The van der Waals surface area contributed by atoms with Gasteiger partial charge in [0.1, 0.15) is 5.75 Å². The second-order valence-electron chi connectivity index (χ2n) is 7.54. The molecule has 2 fully saturated rings. The van der Waals surface area contributed by atoms with Gasteiger partial charge in [-0.2, -0.15) is 0 Å². The first-order valence-corrected chi connectivity index (χ1v) is 10.3. The van der Waals surface area contributed by atoms with Crippen LogP contribution in [-0.2, 0) is 11.3 Å². The maximum Gasteiger partial charge on any atom is 0.234 e. The molecule has 1 aromatic carbocycles. The van der Waals surface area contributed by atoms with Crippen molar-refractivity contribution in [3.63, 3.8) is 0 Å². The number of hydrogen-bond acceptors (Lipinski definition) is 4. The minimum absolute atomic E-state index is 0. The smallest absolute Gasteiger partial charge is 0.234 e. The van der Waals surface area contributed by atoms with Crippen molar-refractivity contribution < 1.29 is 9.53 Å². The van der Waals surface area contributed by atoms with Gasteiger partial charge in [0.2, 0.25) is 5.91 Å². The number of rotatable bonds is 7. The molecular formula is C21H34IN5O2. The highest BCUT2D eigenvalue weighted by atomic mass is 127. The van der Waals surface area contributed by atoms with E-state index in [1.807, 2.05) is 20.0 Å². The van der Waals surface area contributed by atoms with Crippen molar-refractivity contribution in [2.45, 2.75) is 39.3 Å². The van der Waals surface area contributed by atoms with Gasteiger partial charge in [-0.25, -0.2) is 0 Å². The number of guanidine groups is 1. The van der Waals surface area contributed by atoms with E-state index in [2.05, 4.69) is 44.5 Å². The molecule has 1 saturated carbocycles. The number of benzene rings is 1. The number of ether oxygens (including phenoxy) is 1. The number of nitrogens with one attached hydrogen (secondary N) is 2. The molecule has 7 nitrogen and oxygen atoms in total. The van der Waals surface area contributed by atoms with Crippen LogP contribution >= 0.6 is 24.0 Å². The van der Waals surface area contributed by atoms with Crippen LogP contribution in [0.15, 0.2) is 23.2 Å². The van der Waals surface area contributed by atoms with Gasteiger partial charge < -0.3 is 20.3 Å². The lowest BCUT2D eigenvalue weighted by Crippen LogP contribution is -2.54. The van der Waals surface area contributed by atoms with E-state index in [-0.39, 0.29) is 29.9 Å². The third-order valence-electron chi connectivity index (χ3n) is 5.18. The van der Waals surface area contributed by atoms with Crippen LogP contribution in [0.5, 0.6) is 5.75 Å². The molecule has 1 saturated heterocycles. The summed E-state index contributed by atoms with van der Waals surface area (Å²) >= 11 is 0. The molecule has 0 bridgehead atoms. The average Bonchev–Trinajstić information content (AvgIpc) is 3.49.